The fourth-order valence-corrected chi connectivity index (χ4v) is 6.96. The van der Waals surface area contributed by atoms with Crippen LogP contribution in [0.2, 0.25) is 0 Å². The van der Waals surface area contributed by atoms with Crippen LogP contribution in [0.25, 0.3) is 11.3 Å². The number of benzene rings is 3. The number of sulfonamides is 1. The van der Waals surface area contributed by atoms with Crippen molar-refractivity contribution in [1.29, 1.82) is 0 Å². The van der Waals surface area contributed by atoms with Gasteiger partial charge in [-0.1, -0.05) is 89.6 Å². The van der Waals surface area contributed by atoms with E-state index in [0.29, 0.717) is 32.7 Å². The van der Waals surface area contributed by atoms with Gasteiger partial charge in [0, 0.05) is 37.8 Å². The fraction of sp³-hybridized carbons (Fsp3) is 0.276. The first-order valence-electron chi connectivity index (χ1n) is 12.3. The van der Waals surface area contributed by atoms with Gasteiger partial charge in [-0.15, -0.1) is 0 Å². The number of aromatic nitrogens is 1. The number of hydrogen-bond acceptors (Lipinski definition) is 5. The maximum atomic E-state index is 14.0. The lowest BCUT2D eigenvalue weighted by molar-refractivity contribution is 0.165. The van der Waals surface area contributed by atoms with Gasteiger partial charge in [0.05, 0.1) is 6.54 Å². The third kappa shape index (κ3) is 5.14. The van der Waals surface area contributed by atoms with E-state index >= 15 is 0 Å². The van der Waals surface area contributed by atoms with E-state index in [2.05, 4.69) is 16.1 Å². The number of aryl methyl sites for hydroxylation is 2. The average molecular weight is 502 g/mol. The molecule has 0 N–H and O–H groups in total. The van der Waals surface area contributed by atoms with Gasteiger partial charge in [-0.3, -0.25) is 4.90 Å². The van der Waals surface area contributed by atoms with Gasteiger partial charge in [0.25, 0.3) is 0 Å². The Balaban J connectivity index is 1.31. The number of hydrogen-bond donors (Lipinski definition) is 0. The zero-order chi connectivity index (χ0) is 25.1. The summed E-state index contributed by atoms with van der Waals surface area (Å²) in [6.07, 6.45) is 0. The molecule has 186 valence electrons. The predicted molar refractivity (Wildman–Crippen MR) is 142 cm³/mol. The second kappa shape index (κ2) is 10.4. The molecule has 1 aromatic heterocycles. The van der Waals surface area contributed by atoms with Crippen LogP contribution in [0.15, 0.2) is 89.5 Å². The van der Waals surface area contributed by atoms with E-state index in [0.717, 1.165) is 39.3 Å². The van der Waals surface area contributed by atoms with Crippen molar-refractivity contribution >= 4 is 10.0 Å². The SMILES string of the molecule is Cc1ccc(C(c2ccccc2)S(=O)(=O)N2CCN(Cc3cc(-c4ccccc4)no3)CC2)c(C)c1. The molecular formula is C29H31N3O3S. The summed E-state index contributed by atoms with van der Waals surface area (Å²) in [7, 11) is -3.62. The molecule has 4 aromatic rings. The van der Waals surface area contributed by atoms with E-state index in [-0.39, 0.29) is 0 Å². The van der Waals surface area contributed by atoms with Gasteiger partial charge in [-0.25, -0.2) is 8.42 Å². The highest BCUT2D eigenvalue weighted by Gasteiger charge is 2.37. The minimum Gasteiger partial charge on any atom is -0.359 e. The van der Waals surface area contributed by atoms with E-state index in [4.69, 9.17) is 4.52 Å². The lowest BCUT2D eigenvalue weighted by Gasteiger charge is -2.36. The molecule has 0 radical (unpaired) electrons. The van der Waals surface area contributed by atoms with E-state index < -0.39 is 15.3 Å². The third-order valence-electron chi connectivity index (χ3n) is 6.81. The lowest BCUT2D eigenvalue weighted by Crippen LogP contribution is -2.49. The van der Waals surface area contributed by atoms with Crippen LogP contribution in [-0.2, 0) is 16.6 Å². The van der Waals surface area contributed by atoms with Gasteiger partial charge in [0.15, 0.2) is 5.76 Å². The van der Waals surface area contributed by atoms with Gasteiger partial charge in [-0.2, -0.15) is 4.31 Å². The van der Waals surface area contributed by atoms with E-state index in [1.54, 1.807) is 4.31 Å². The topological polar surface area (TPSA) is 66.7 Å². The van der Waals surface area contributed by atoms with Crippen LogP contribution in [0, 0.1) is 13.8 Å². The average Bonchev–Trinajstić information content (AvgIpc) is 3.35. The van der Waals surface area contributed by atoms with Crippen molar-refractivity contribution in [3.05, 3.63) is 113 Å². The van der Waals surface area contributed by atoms with Crippen molar-refractivity contribution in [3.8, 4) is 11.3 Å². The smallest absolute Gasteiger partial charge is 0.225 e. The van der Waals surface area contributed by atoms with Crippen molar-refractivity contribution in [2.24, 2.45) is 0 Å². The zero-order valence-electron chi connectivity index (χ0n) is 20.7. The second-order valence-electron chi connectivity index (χ2n) is 9.42. The maximum Gasteiger partial charge on any atom is 0.225 e. The van der Waals surface area contributed by atoms with Crippen LogP contribution in [0.1, 0.15) is 33.3 Å². The summed E-state index contributed by atoms with van der Waals surface area (Å²) in [6, 6.07) is 27.4. The highest BCUT2D eigenvalue weighted by Crippen LogP contribution is 2.35. The maximum absolute atomic E-state index is 14.0. The number of nitrogens with zero attached hydrogens (tertiary/aromatic N) is 3. The molecule has 0 amide bonds. The molecule has 1 saturated heterocycles. The number of rotatable bonds is 7. The van der Waals surface area contributed by atoms with Crippen LogP contribution in [0.5, 0.6) is 0 Å². The highest BCUT2D eigenvalue weighted by atomic mass is 32.2. The van der Waals surface area contributed by atoms with Crippen molar-refractivity contribution in [1.82, 2.24) is 14.4 Å². The summed E-state index contributed by atoms with van der Waals surface area (Å²) < 4.78 is 35.3. The molecule has 7 heteroatoms. The Labute approximate surface area is 213 Å². The van der Waals surface area contributed by atoms with Crippen molar-refractivity contribution in [2.75, 3.05) is 26.2 Å². The molecule has 1 fully saturated rings. The zero-order valence-corrected chi connectivity index (χ0v) is 21.5. The standard InChI is InChI=1S/C29H31N3O3S/c1-22-13-14-27(23(2)19-22)29(25-11-7-4-8-12-25)36(33,34)32-17-15-31(16-18-32)21-26-20-28(30-35-26)24-9-5-3-6-10-24/h3-14,19-20,29H,15-18,21H2,1-2H3. The van der Waals surface area contributed by atoms with E-state index in [1.807, 2.05) is 92.7 Å². The summed E-state index contributed by atoms with van der Waals surface area (Å²) >= 11 is 0. The monoisotopic (exact) mass is 501 g/mol. The van der Waals surface area contributed by atoms with E-state index in [9.17, 15) is 8.42 Å². The van der Waals surface area contributed by atoms with Crippen LogP contribution >= 0.6 is 0 Å². The van der Waals surface area contributed by atoms with Gasteiger partial charge in [0.1, 0.15) is 10.9 Å². The van der Waals surface area contributed by atoms with Crippen LogP contribution in [-0.4, -0.2) is 49.0 Å². The quantitative estimate of drug-likeness (QED) is 0.348. The molecular weight excluding hydrogens is 470 g/mol. The first-order valence-corrected chi connectivity index (χ1v) is 13.8. The highest BCUT2D eigenvalue weighted by molar-refractivity contribution is 7.89. The Morgan fingerprint density at radius 1 is 0.861 bits per heavy atom. The lowest BCUT2D eigenvalue weighted by atomic mass is 9.98. The summed E-state index contributed by atoms with van der Waals surface area (Å²) in [5.74, 6) is 0.780. The molecule has 0 aliphatic carbocycles. The Morgan fingerprint density at radius 3 is 2.19 bits per heavy atom. The molecule has 5 rings (SSSR count). The largest absolute Gasteiger partial charge is 0.359 e. The molecule has 0 bridgehead atoms. The molecule has 1 aliphatic rings. The molecule has 1 atom stereocenters. The summed E-state index contributed by atoms with van der Waals surface area (Å²) in [5, 5.41) is 3.47. The predicted octanol–water partition coefficient (Wildman–Crippen LogP) is 5.20. The minimum atomic E-state index is -3.62. The Morgan fingerprint density at radius 2 is 1.53 bits per heavy atom. The van der Waals surface area contributed by atoms with Gasteiger partial charge in [-0.05, 0) is 30.5 Å². The summed E-state index contributed by atoms with van der Waals surface area (Å²) in [6.45, 7) is 6.77. The van der Waals surface area contributed by atoms with Crippen molar-refractivity contribution < 1.29 is 12.9 Å². The Kier molecular flexibility index (Phi) is 7.05. The normalized spacial score (nSPS) is 16.2. The molecule has 6 nitrogen and oxygen atoms in total. The first kappa shape index (κ1) is 24.4. The summed E-state index contributed by atoms with van der Waals surface area (Å²) in [5.41, 5.74) is 5.57. The number of piperazine rings is 1. The second-order valence-corrected chi connectivity index (χ2v) is 11.4. The molecule has 0 saturated carbocycles. The Hall–Kier alpha value is -3.26. The molecule has 1 aliphatic heterocycles. The Bertz CT molecular complexity index is 1410. The minimum absolute atomic E-state index is 0.441. The molecule has 36 heavy (non-hydrogen) atoms. The molecule has 3 aromatic carbocycles. The molecule has 1 unspecified atom stereocenters. The summed E-state index contributed by atoms with van der Waals surface area (Å²) in [4.78, 5) is 2.22. The third-order valence-corrected chi connectivity index (χ3v) is 9.01. The van der Waals surface area contributed by atoms with Gasteiger partial charge in [0.2, 0.25) is 10.0 Å². The molecule has 0 spiro atoms. The van der Waals surface area contributed by atoms with Crippen LogP contribution in [0.3, 0.4) is 0 Å². The van der Waals surface area contributed by atoms with Gasteiger partial charge < -0.3 is 4.52 Å². The first-order chi connectivity index (χ1) is 17.4. The van der Waals surface area contributed by atoms with Gasteiger partial charge >= 0.3 is 0 Å². The fourth-order valence-electron chi connectivity index (χ4n) is 4.90. The van der Waals surface area contributed by atoms with Crippen LogP contribution < -0.4 is 0 Å². The van der Waals surface area contributed by atoms with Crippen molar-refractivity contribution in [2.45, 2.75) is 25.6 Å². The van der Waals surface area contributed by atoms with Crippen molar-refractivity contribution in [3.63, 3.8) is 0 Å². The molecule has 2 heterocycles. The van der Waals surface area contributed by atoms with Crippen LogP contribution in [0.4, 0.5) is 0 Å². The van der Waals surface area contributed by atoms with E-state index in [1.165, 1.54) is 0 Å².